The van der Waals surface area contributed by atoms with Crippen LogP contribution in [0.3, 0.4) is 0 Å². The van der Waals surface area contributed by atoms with Crippen LogP contribution in [0.15, 0.2) is 36.4 Å². The van der Waals surface area contributed by atoms with E-state index in [1.807, 2.05) is 32.0 Å². The molecule has 0 aliphatic rings. The Labute approximate surface area is 124 Å². The molecule has 2 aromatic carbocycles. The molecule has 110 valence electrons. The Morgan fingerprint density at radius 1 is 1.10 bits per heavy atom. The maximum Gasteiger partial charge on any atom is 0.342 e. The van der Waals surface area contributed by atoms with E-state index < -0.39 is 5.97 Å². The number of methoxy groups -OCH3 is 1. The second kappa shape index (κ2) is 6.31. The van der Waals surface area contributed by atoms with E-state index in [4.69, 9.17) is 15.2 Å². The first-order valence-corrected chi connectivity index (χ1v) is 6.68. The van der Waals surface area contributed by atoms with Crippen molar-refractivity contribution < 1.29 is 14.3 Å². The van der Waals surface area contributed by atoms with Gasteiger partial charge in [0.15, 0.2) is 0 Å². The average Bonchev–Trinajstić information content (AvgIpc) is 2.48. The van der Waals surface area contributed by atoms with Gasteiger partial charge in [-0.15, -0.1) is 0 Å². The van der Waals surface area contributed by atoms with E-state index in [0.717, 1.165) is 5.56 Å². The number of carbonyl (C=O) groups excluding carboxylic acids is 1. The molecule has 0 aliphatic carbocycles. The van der Waals surface area contributed by atoms with Gasteiger partial charge in [0.2, 0.25) is 0 Å². The number of hydrogen-bond acceptors (Lipinski definition) is 4. The summed E-state index contributed by atoms with van der Waals surface area (Å²) >= 11 is 0. The minimum absolute atomic E-state index is 0.220. The van der Waals surface area contributed by atoms with Gasteiger partial charge in [0.1, 0.15) is 17.9 Å². The lowest BCUT2D eigenvalue weighted by molar-refractivity contribution is 0.0469. The van der Waals surface area contributed by atoms with Gasteiger partial charge in [-0.2, -0.15) is 0 Å². The lowest BCUT2D eigenvalue weighted by Gasteiger charge is -2.10. The van der Waals surface area contributed by atoms with Gasteiger partial charge in [-0.05, 0) is 48.7 Å². The van der Waals surface area contributed by atoms with Crippen LogP contribution >= 0.6 is 0 Å². The van der Waals surface area contributed by atoms with Crippen molar-refractivity contribution in [1.29, 1.82) is 0 Å². The zero-order valence-electron chi connectivity index (χ0n) is 12.5. The fraction of sp³-hybridized carbons (Fsp3) is 0.235. The molecule has 0 spiro atoms. The minimum atomic E-state index is -0.447. The Morgan fingerprint density at radius 3 is 2.52 bits per heavy atom. The highest BCUT2D eigenvalue weighted by molar-refractivity contribution is 5.93. The van der Waals surface area contributed by atoms with Crippen LogP contribution in [0.5, 0.6) is 5.75 Å². The first kappa shape index (κ1) is 14.9. The van der Waals surface area contributed by atoms with Gasteiger partial charge in [0.05, 0.1) is 7.11 Å². The number of carbonyl (C=O) groups is 1. The Hall–Kier alpha value is -2.49. The van der Waals surface area contributed by atoms with Crippen molar-refractivity contribution in [3.8, 4) is 5.75 Å². The van der Waals surface area contributed by atoms with Crippen molar-refractivity contribution in [3.05, 3.63) is 58.7 Å². The normalized spacial score (nSPS) is 10.2. The molecule has 4 heteroatoms. The number of aryl methyl sites for hydroxylation is 2. The predicted octanol–water partition coefficient (Wildman–Crippen LogP) is 3.25. The standard InChI is InChI=1S/C17H19NO3/c1-11-4-5-13(8-12(11)2)10-21-17(19)15-9-14(18)6-7-16(15)20-3/h4-9H,10,18H2,1-3H3. The molecule has 0 unspecified atom stereocenters. The molecule has 0 amide bonds. The number of hydrogen-bond donors (Lipinski definition) is 1. The fourth-order valence-corrected chi connectivity index (χ4v) is 2.01. The second-order valence-corrected chi connectivity index (χ2v) is 4.95. The number of rotatable bonds is 4. The molecule has 4 nitrogen and oxygen atoms in total. The number of ether oxygens (including phenoxy) is 2. The zero-order chi connectivity index (χ0) is 15.4. The summed E-state index contributed by atoms with van der Waals surface area (Å²) in [6.45, 7) is 4.29. The summed E-state index contributed by atoms with van der Waals surface area (Å²) in [4.78, 5) is 12.1. The molecule has 0 heterocycles. The minimum Gasteiger partial charge on any atom is -0.496 e. The van der Waals surface area contributed by atoms with Crippen LogP contribution in [0.25, 0.3) is 0 Å². The first-order valence-electron chi connectivity index (χ1n) is 6.68. The van der Waals surface area contributed by atoms with E-state index >= 15 is 0 Å². The summed E-state index contributed by atoms with van der Waals surface area (Å²) in [5.41, 5.74) is 9.86. The maximum atomic E-state index is 12.1. The van der Waals surface area contributed by atoms with Crippen molar-refractivity contribution >= 4 is 11.7 Å². The molecule has 0 bridgehead atoms. The number of esters is 1. The number of nitrogens with two attached hydrogens (primary N) is 1. The lowest BCUT2D eigenvalue weighted by atomic mass is 10.1. The largest absolute Gasteiger partial charge is 0.496 e. The molecule has 0 saturated carbocycles. The molecule has 0 saturated heterocycles. The third kappa shape index (κ3) is 3.54. The summed E-state index contributed by atoms with van der Waals surface area (Å²) in [6, 6.07) is 10.9. The summed E-state index contributed by atoms with van der Waals surface area (Å²) in [7, 11) is 1.51. The molecule has 0 atom stereocenters. The van der Waals surface area contributed by atoms with Crippen molar-refractivity contribution in [2.75, 3.05) is 12.8 Å². The van der Waals surface area contributed by atoms with Gasteiger partial charge >= 0.3 is 5.97 Å². The molecule has 0 radical (unpaired) electrons. The monoisotopic (exact) mass is 285 g/mol. The second-order valence-electron chi connectivity index (χ2n) is 4.95. The van der Waals surface area contributed by atoms with Crippen LogP contribution in [0.1, 0.15) is 27.0 Å². The van der Waals surface area contributed by atoms with Gasteiger partial charge in [0.25, 0.3) is 0 Å². The van der Waals surface area contributed by atoms with Crippen LogP contribution in [0.2, 0.25) is 0 Å². The van der Waals surface area contributed by atoms with Gasteiger partial charge in [-0.1, -0.05) is 18.2 Å². The van der Waals surface area contributed by atoms with Crippen LogP contribution in [0.4, 0.5) is 5.69 Å². The number of anilines is 1. The Bertz CT molecular complexity index is 665. The molecule has 2 rings (SSSR count). The Balaban J connectivity index is 2.11. The van der Waals surface area contributed by atoms with E-state index in [9.17, 15) is 4.79 Å². The Morgan fingerprint density at radius 2 is 1.86 bits per heavy atom. The summed E-state index contributed by atoms with van der Waals surface area (Å²) in [6.07, 6.45) is 0. The lowest BCUT2D eigenvalue weighted by Crippen LogP contribution is -2.08. The van der Waals surface area contributed by atoms with Gasteiger partial charge < -0.3 is 15.2 Å². The van der Waals surface area contributed by atoms with Gasteiger partial charge in [-0.25, -0.2) is 4.79 Å². The maximum absolute atomic E-state index is 12.1. The fourth-order valence-electron chi connectivity index (χ4n) is 2.01. The predicted molar refractivity (Wildman–Crippen MR) is 82.4 cm³/mol. The van der Waals surface area contributed by atoms with Crippen LogP contribution < -0.4 is 10.5 Å². The quantitative estimate of drug-likeness (QED) is 0.692. The van der Waals surface area contributed by atoms with E-state index in [0.29, 0.717) is 17.0 Å². The van der Waals surface area contributed by atoms with E-state index in [2.05, 4.69) is 0 Å². The highest BCUT2D eigenvalue weighted by Crippen LogP contribution is 2.22. The average molecular weight is 285 g/mol. The summed E-state index contributed by atoms with van der Waals surface area (Å²) in [5.74, 6) is 0.00617. The molecule has 2 N–H and O–H groups in total. The number of benzene rings is 2. The molecule has 0 aromatic heterocycles. The summed E-state index contributed by atoms with van der Waals surface area (Å²) < 4.78 is 10.5. The topological polar surface area (TPSA) is 61.5 Å². The van der Waals surface area contributed by atoms with Gasteiger partial charge in [-0.3, -0.25) is 0 Å². The molecule has 2 aromatic rings. The number of nitrogen functional groups attached to an aromatic ring is 1. The first-order chi connectivity index (χ1) is 10.0. The third-order valence-corrected chi connectivity index (χ3v) is 3.38. The highest BCUT2D eigenvalue weighted by atomic mass is 16.5. The van der Waals surface area contributed by atoms with Crippen molar-refractivity contribution in [1.82, 2.24) is 0 Å². The zero-order valence-corrected chi connectivity index (χ0v) is 12.5. The van der Waals surface area contributed by atoms with Crippen molar-refractivity contribution in [2.24, 2.45) is 0 Å². The van der Waals surface area contributed by atoms with Crippen molar-refractivity contribution in [2.45, 2.75) is 20.5 Å². The third-order valence-electron chi connectivity index (χ3n) is 3.38. The molecule has 0 aliphatic heterocycles. The van der Waals surface area contributed by atoms with E-state index in [-0.39, 0.29) is 6.61 Å². The van der Waals surface area contributed by atoms with Crippen LogP contribution in [-0.4, -0.2) is 13.1 Å². The summed E-state index contributed by atoms with van der Waals surface area (Å²) in [5, 5.41) is 0. The van der Waals surface area contributed by atoms with Crippen LogP contribution in [0, 0.1) is 13.8 Å². The SMILES string of the molecule is COc1ccc(N)cc1C(=O)OCc1ccc(C)c(C)c1. The Kier molecular flexibility index (Phi) is 4.48. The highest BCUT2D eigenvalue weighted by Gasteiger charge is 2.14. The van der Waals surface area contributed by atoms with Crippen molar-refractivity contribution in [3.63, 3.8) is 0 Å². The molecule has 0 fully saturated rings. The van der Waals surface area contributed by atoms with Crippen LogP contribution in [-0.2, 0) is 11.3 Å². The van der Waals surface area contributed by atoms with E-state index in [1.54, 1.807) is 18.2 Å². The van der Waals surface area contributed by atoms with Gasteiger partial charge in [0, 0.05) is 5.69 Å². The molecular weight excluding hydrogens is 266 g/mol. The molecular formula is C17H19NO3. The molecule has 21 heavy (non-hydrogen) atoms. The van der Waals surface area contributed by atoms with E-state index in [1.165, 1.54) is 18.2 Å². The smallest absolute Gasteiger partial charge is 0.342 e.